The summed E-state index contributed by atoms with van der Waals surface area (Å²) in [6, 6.07) is 0.893. The maximum absolute atomic E-state index is 11.7. The van der Waals surface area contributed by atoms with E-state index in [1.807, 2.05) is 12.3 Å². The topological polar surface area (TPSA) is 104 Å². The van der Waals surface area contributed by atoms with Gasteiger partial charge in [-0.25, -0.2) is 14.6 Å². The van der Waals surface area contributed by atoms with Crippen molar-refractivity contribution in [2.45, 2.75) is 13.5 Å². The highest BCUT2D eigenvalue weighted by Gasteiger charge is 2.07. The molecule has 2 aromatic heterocycles. The van der Waals surface area contributed by atoms with Crippen LogP contribution >= 0.6 is 11.3 Å². The number of carbonyl (C=O) groups excluding carboxylic acids is 1. The number of carbonyl (C=O) groups is 2. The summed E-state index contributed by atoms with van der Waals surface area (Å²) in [5.74, 6) is -1.10. The van der Waals surface area contributed by atoms with Gasteiger partial charge >= 0.3 is 12.0 Å². The molecule has 0 aliphatic heterocycles. The van der Waals surface area contributed by atoms with Gasteiger partial charge in [0.05, 0.1) is 24.0 Å². The number of pyridine rings is 1. The fourth-order valence-corrected chi connectivity index (χ4v) is 2.15. The van der Waals surface area contributed by atoms with Crippen LogP contribution in [-0.4, -0.2) is 27.1 Å². The van der Waals surface area contributed by atoms with E-state index < -0.39 is 12.0 Å². The van der Waals surface area contributed by atoms with Gasteiger partial charge in [-0.15, -0.1) is 11.3 Å². The molecule has 0 radical (unpaired) electrons. The van der Waals surface area contributed by atoms with Crippen molar-refractivity contribution >= 4 is 29.0 Å². The molecule has 2 aromatic rings. The number of aryl methyl sites for hydroxylation is 1. The number of hydrogen-bond donors (Lipinski definition) is 3. The summed E-state index contributed by atoms with van der Waals surface area (Å²) < 4.78 is 0. The number of carboxylic acid groups (broad SMARTS) is 1. The van der Waals surface area contributed by atoms with E-state index in [9.17, 15) is 9.59 Å². The van der Waals surface area contributed by atoms with Gasteiger partial charge in [0, 0.05) is 17.3 Å². The second-order valence-electron chi connectivity index (χ2n) is 3.96. The van der Waals surface area contributed by atoms with Gasteiger partial charge in [-0.1, -0.05) is 0 Å². The van der Waals surface area contributed by atoms with Crippen molar-refractivity contribution in [3.8, 4) is 0 Å². The number of anilines is 1. The molecule has 0 unspecified atom stereocenters. The molecule has 104 valence electrons. The average molecular weight is 292 g/mol. The van der Waals surface area contributed by atoms with Gasteiger partial charge in [0.25, 0.3) is 0 Å². The smallest absolute Gasteiger partial charge is 0.337 e. The zero-order valence-electron chi connectivity index (χ0n) is 10.6. The highest BCUT2D eigenvalue weighted by Crippen LogP contribution is 2.09. The third-order valence-electron chi connectivity index (χ3n) is 2.31. The number of urea groups is 1. The van der Waals surface area contributed by atoms with Crippen molar-refractivity contribution in [2.24, 2.45) is 0 Å². The Kier molecular flexibility index (Phi) is 4.26. The van der Waals surface area contributed by atoms with E-state index in [0.29, 0.717) is 12.2 Å². The van der Waals surface area contributed by atoms with E-state index in [-0.39, 0.29) is 5.56 Å². The Hall–Kier alpha value is -2.48. The van der Waals surface area contributed by atoms with Gasteiger partial charge in [0.15, 0.2) is 0 Å². The van der Waals surface area contributed by atoms with Crippen LogP contribution in [0.4, 0.5) is 10.5 Å². The van der Waals surface area contributed by atoms with Crippen molar-refractivity contribution in [3.63, 3.8) is 0 Å². The van der Waals surface area contributed by atoms with Gasteiger partial charge in [0.2, 0.25) is 0 Å². The average Bonchev–Trinajstić information content (AvgIpc) is 2.82. The first kappa shape index (κ1) is 13.9. The SMILES string of the molecule is Cc1csc(CNC(=O)Nc2cncc(C(=O)O)c2)n1. The van der Waals surface area contributed by atoms with Crippen LogP contribution in [0.15, 0.2) is 23.8 Å². The van der Waals surface area contributed by atoms with E-state index in [0.717, 1.165) is 10.7 Å². The lowest BCUT2D eigenvalue weighted by molar-refractivity contribution is 0.0696. The normalized spacial score (nSPS) is 10.1. The molecule has 0 spiro atoms. The maximum atomic E-state index is 11.7. The number of amides is 2. The minimum absolute atomic E-state index is 0.0124. The predicted molar refractivity (Wildman–Crippen MR) is 73.9 cm³/mol. The van der Waals surface area contributed by atoms with Crippen LogP contribution in [-0.2, 0) is 6.54 Å². The molecule has 20 heavy (non-hydrogen) atoms. The minimum atomic E-state index is -1.10. The molecule has 7 nitrogen and oxygen atoms in total. The van der Waals surface area contributed by atoms with Gasteiger partial charge in [-0.3, -0.25) is 4.98 Å². The standard InChI is InChI=1S/C12H12N4O3S/c1-7-6-20-10(15-7)5-14-12(19)16-9-2-8(11(17)18)3-13-4-9/h2-4,6H,5H2,1H3,(H,17,18)(H2,14,16,19). The Morgan fingerprint density at radius 1 is 1.40 bits per heavy atom. The molecule has 0 saturated carbocycles. The lowest BCUT2D eigenvalue weighted by Crippen LogP contribution is -2.28. The molecular formula is C12H12N4O3S. The molecule has 8 heteroatoms. The summed E-state index contributed by atoms with van der Waals surface area (Å²) in [4.78, 5) is 30.4. The van der Waals surface area contributed by atoms with Crippen molar-refractivity contribution in [1.29, 1.82) is 0 Å². The van der Waals surface area contributed by atoms with E-state index in [2.05, 4.69) is 20.6 Å². The molecule has 0 aliphatic rings. The van der Waals surface area contributed by atoms with Crippen LogP contribution in [0.25, 0.3) is 0 Å². The quantitative estimate of drug-likeness (QED) is 0.798. The van der Waals surface area contributed by atoms with E-state index in [1.165, 1.54) is 29.8 Å². The van der Waals surface area contributed by atoms with Crippen LogP contribution < -0.4 is 10.6 Å². The largest absolute Gasteiger partial charge is 0.478 e. The zero-order chi connectivity index (χ0) is 14.5. The van der Waals surface area contributed by atoms with E-state index >= 15 is 0 Å². The molecule has 2 amide bonds. The molecule has 0 aliphatic carbocycles. The molecule has 2 rings (SSSR count). The number of hydrogen-bond acceptors (Lipinski definition) is 5. The Bertz CT molecular complexity index is 641. The Balaban J connectivity index is 1.91. The summed E-state index contributed by atoms with van der Waals surface area (Å²) in [5, 5.41) is 16.7. The Morgan fingerprint density at radius 2 is 2.20 bits per heavy atom. The van der Waals surface area contributed by atoms with Gasteiger partial charge in [0.1, 0.15) is 5.01 Å². The Morgan fingerprint density at radius 3 is 2.85 bits per heavy atom. The number of nitrogens with one attached hydrogen (secondary N) is 2. The minimum Gasteiger partial charge on any atom is -0.478 e. The number of carboxylic acids is 1. The Labute approximate surface area is 118 Å². The molecule has 2 heterocycles. The van der Waals surface area contributed by atoms with Gasteiger partial charge in [-0.2, -0.15) is 0 Å². The van der Waals surface area contributed by atoms with Crippen LogP contribution in [0.3, 0.4) is 0 Å². The summed E-state index contributed by atoms with van der Waals surface area (Å²) in [6.45, 7) is 2.19. The summed E-state index contributed by atoms with van der Waals surface area (Å²) in [5.41, 5.74) is 1.24. The van der Waals surface area contributed by atoms with Crippen LogP contribution in [0.1, 0.15) is 21.1 Å². The number of rotatable bonds is 4. The number of thiazole rings is 1. The second kappa shape index (κ2) is 6.11. The molecule has 0 fully saturated rings. The molecule has 0 saturated heterocycles. The van der Waals surface area contributed by atoms with Crippen LogP contribution in [0, 0.1) is 6.92 Å². The van der Waals surface area contributed by atoms with Crippen molar-refractivity contribution < 1.29 is 14.7 Å². The zero-order valence-corrected chi connectivity index (χ0v) is 11.4. The summed E-state index contributed by atoms with van der Waals surface area (Å²) in [6.07, 6.45) is 2.59. The molecule has 0 atom stereocenters. The lowest BCUT2D eigenvalue weighted by Gasteiger charge is -2.06. The van der Waals surface area contributed by atoms with E-state index in [4.69, 9.17) is 5.11 Å². The second-order valence-corrected chi connectivity index (χ2v) is 4.90. The number of aromatic nitrogens is 2. The summed E-state index contributed by atoms with van der Waals surface area (Å²) >= 11 is 1.46. The van der Waals surface area contributed by atoms with Crippen molar-refractivity contribution in [1.82, 2.24) is 15.3 Å². The fraction of sp³-hybridized carbons (Fsp3) is 0.167. The van der Waals surface area contributed by atoms with Crippen molar-refractivity contribution in [2.75, 3.05) is 5.32 Å². The highest BCUT2D eigenvalue weighted by atomic mass is 32.1. The first-order chi connectivity index (χ1) is 9.54. The third kappa shape index (κ3) is 3.75. The fourth-order valence-electron chi connectivity index (χ4n) is 1.44. The van der Waals surface area contributed by atoms with Crippen LogP contribution in [0.2, 0.25) is 0 Å². The number of aromatic carboxylic acids is 1. The highest BCUT2D eigenvalue weighted by molar-refractivity contribution is 7.09. The van der Waals surface area contributed by atoms with Gasteiger partial charge in [-0.05, 0) is 13.0 Å². The van der Waals surface area contributed by atoms with Crippen molar-refractivity contribution in [3.05, 3.63) is 40.1 Å². The van der Waals surface area contributed by atoms with Crippen LogP contribution in [0.5, 0.6) is 0 Å². The third-order valence-corrected chi connectivity index (χ3v) is 3.28. The van der Waals surface area contributed by atoms with E-state index in [1.54, 1.807) is 0 Å². The van der Waals surface area contributed by atoms with Gasteiger partial charge < -0.3 is 15.7 Å². The molecule has 3 N–H and O–H groups in total. The molecular weight excluding hydrogens is 280 g/mol. The maximum Gasteiger partial charge on any atom is 0.337 e. The lowest BCUT2D eigenvalue weighted by atomic mass is 10.3. The monoisotopic (exact) mass is 292 g/mol. The first-order valence-corrected chi connectivity index (χ1v) is 6.57. The predicted octanol–water partition coefficient (Wildman–Crippen LogP) is 1.87. The molecule has 0 bridgehead atoms. The number of nitrogens with zero attached hydrogens (tertiary/aromatic N) is 2. The molecule has 0 aromatic carbocycles. The summed E-state index contributed by atoms with van der Waals surface area (Å²) in [7, 11) is 0. The first-order valence-electron chi connectivity index (χ1n) is 5.69.